The van der Waals surface area contributed by atoms with Gasteiger partial charge in [-0.15, -0.1) is 11.3 Å². The number of nitrogens with zero attached hydrogens (tertiary/aromatic N) is 2. The second kappa shape index (κ2) is 5.57. The number of thiophene rings is 1. The molecular formula is C17H16N2O2S. The zero-order valence-electron chi connectivity index (χ0n) is 12.1. The third kappa shape index (κ3) is 2.64. The van der Waals surface area contributed by atoms with Crippen molar-refractivity contribution < 1.29 is 9.32 Å². The Morgan fingerprint density at radius 3 is 2.91 bits per heavy atom. The quantitative estimate of drug-likeness (QED) is 0.723. The van der Waals surface area contributed by atoms with E-state index < -0.39 is 0 Å². The highest BCUT2D eigenvalue weighted by molar-refractivity contribution is 7.09. The number of amides is 1. The van der Waals surface area contributed by atoms with E-state index in [2.05, 4.69) is 16.6 Å². The molecule has 22 heavy (non-hydrogen) atoms. The first-order valence-corrected chi connectivity index (χ1v) is 8.34. The van der Waals surface area contributed by atoms with Crippen molar-refractivity contribution in [1.82, 2.24) is 10.1 Å². The molecule has 2 heterocycles. The molecule has 4 nitrogen and oxygen atoms in total. The minimum absolute atomic E-state index is 0.134. The molecule has 1 amide bonds. The van der Waals surface area contributed by atoms with Gasteiger partial charge in [0, 0.05) is 16.3 Å². The van der Waals surface area contributed by atoms with Gasteiger partial charge in [-0.05, 0) is 36.4 Å². The number of carbonyl (C=O) groups is 1. The Kier molecular flexibility index (Phi) is 3.42. The van der Waals surface area contributed by atoms with Crippen molar-refractivity contribution in [1.29, 1.82) is 0 Å². The lowest BCUT2D eigenvalue weighted by Crippen LogP contribution is -2.33. The number of hydrogen-bond acceptors (Lipinski definition) is 4. The molecule has 3 aromatic rings. The fourth-order valence-electron chi connectivity index (χ4n) is 2.69. The molecule has 1 saturated carbocycles. The number of carbonyl (C=O) groups excluding carboxylic acids is 1. The highest BCUT2D eigenvalue weighted by atomic mass is 32.1. The SMILES string of the molecule is O=C(Cc1noc2ccccc12)N(Cc1cccs1)C1CC1. The van der Waals surface area contributed by atoms with Crippen molar-refractivity contribution in [2.45, 2.75) is 31.8 Å². The third-order valence-electron chi connectivity index (χ3n) is 3.99. The summed E-state index contributed by atoms with van der Waals surface area (Å²) in [7, 11) is 0. The van der Waals surface area contributed by atoms with E-state index in [9.17, 15) is 4.79 Å². The molecule has 5 heteroatoms. The van der Waals surface area contributed by atoms with Crippen LogP contribution >= 0.6 is 11.3 Å². The van der Waals surface area contributed by atoms with Crippen molar-refractivity contribution in [3.8, 4) is 0 Å². The lowest BCUT2D eigenvalue weighted by Gasteiger charge is -2.21. The van der Waals surface area contributed by atoms with Crippen molar-refractivity contribution >= 4 is 28.2 Å². The summed E-state index contributed by atoms with van der Waals surface area (Å²) in [5.74, 6) is 0.134. The second-order valence-electron chi connectivity index (χ2n) is 5.63. The molecule has 112 valence electrons. The Balaban J connectivity index is 1.54. The molecule has 1 aromatic carbocycles. The van der Waals surface area contributed by atoms with E-state index in [0.29, 0.717) is 19.0 Å². The molecule has 4 rings (SSSR count). The van der Waals surface area contributed by atoms with Gasteiger partial charge in [-0.3, -0.25) is 4.79 Å². The number of hydrogen-bond donors (Lipinski definition) is 0. The number of aromatic nitrogens is 1. The van der Waals surface area contributed by atoms with Crippen molar-refractivity contribution in [3.05, 3.63) is 52.3 Å². The van der Waals surface area contributed by atoms with Gasteiger partial charge < -0.3 is 9.42 Å². The molecule has 0 saturated heterocycles. The lowest BCUT2D eigenvalue weighted by molar-refractivity contribution is -0.131. The first-order valence-electron chi connectivity index (χ1n) is 7.46. The van der Waals surface area contributed by atoms with Gasteiger partial charge in [0.15, 0.2) is 5.58 Å². The first kappa shape index (κ1) is 13.5. The molecule has 0 radical (unpaired) electrons. The topological polar surface area (TPSA) is 46.3 Å². The van der Waals surface area contributed by atoms with E-state index in [1.165, 1.54) is 4.88 Å². The van der Waals surface area contributed by atoms with Gasteiger partial charge in [0.2, 0.25) is 5.91 Å². The lowest BCUT2D eigenvalue weighted by atomic mass is 10.1. The summed E-state index contributed by atoms with van der Waals surface area (Å²) in [6, 6.07) is 12.2. The van der Waals surface area contributed by atoms with Crippen LogP contribution in [0.3, 0.4) is 0 Å². The summed E-state index contributed by atoms with van der Waals surface area (Å²) in [4.78, 5) is 15.9. The molecule has 0 N–H and O–H groups in total. The van der Waals surface area contributed by atoms with E-state index in [-0.39, 0.29) is 5.91 Å². The standard InChI is InChI=1S/C17H16N2O2S/c20-17(10-15-14-5-1-2-6-16(14)21-18-15)19(12-7-8-12)11-13-4-3-9-22-13/h1-6,9,12H,7-8,10-11H2. The fraction of sp³-hybridized carbons (Fsp3) is 0.294. The van der Waals surface area contributed by atoms with Gasteiger partial charge in [0.25, 0.3) is 0 Å². The zero-order chi connectivity index (χ0) is 14.9. The van der Waals surface area contributed by atoms with Crippen LogP contribution in [0.5, 0.6) is 0 Å². The van der Waals surface area contributed by atoms with Crippen LogP contribution in [0, 0.1) is 0 Å². The molecule has 1 fully saturated rings. The van der Waals surface area contributed by atoms with E-state index in [1.54, 1.807) is 11.3 Å². The van der Waals surface area contributed by atoms with Crippen molar-refractivity contribution in [2.75, 3.05) is 0 Å². The van der Waals surface area contributed by atoms with Gasteiger partial charge in [0.05, 0.1) is 13.0 Å². The minimum Gasteiger partial charge on any atom is -0.356 e. The molecule has 2 aromatic heterocycles. The molecule has 0 unspecified atom stereocenters. The normalized spacial score (nSPS) is 14.4. The highest BCUT2D eigenvalue weighted by Gasteiger charge is 2.33. The summed E-state index contributed by atoms with van der Waals surface area (Å²) in [5, 5.41) is 7.06. The predicted molar refractivity (Wildman–Crippen MR) is 85.6 cm³/mol. The molecule has 0 spiro atoms. The van der Waals surface area contributed by atoms with Crippen molar-refractivity contribution in [2.24, 2.45) is 0 Å². The predicted octanol–water partition coefficient (Wildman–Crippen LogP) is 3.62. The number of rotatable bonds is 5. The zero-order valence-corrected chi connectivity index (χ0v) is 12.9. The maximum absolute atomic E-state index is 12.7. The Hall–Kier alpha value is -2.14. The minimum atomic E-state index is 0.134. The second-order valence-corrected chi connectivity index (χ2v) is 6.67. The number of fused-ring (bicyclic) bond motifs is 1. The summed E-state index contributed by atoms with van der Waals surface area (Å²) in [5.41, 5.74) is 1.47. The number of para-hydroxylation sites is 1. The molecule has 0 atom stereocenters. The van der Waals surface area contributed by atoms with E-state index in [4.69, 9.17) is 4.52 Å². The Morgan fingerprint density at radius 1 is 1.27 bits per heavy atom. The Bertz CT molecular complexity index is 790. The molecule has 1 aliphatic carbocycles. The van der Waals surface area contributed by atoms with Crippen molar-refractivity contribution in [3.63, 3.8) is 0 Å². The van der Waals surface area contributed by atoms with Crippen LogP contribution in [0.2, 0.25) is 0 Å². The Morgan fingerprint density at radius 2 is 2.14 bits per heavy atom. The van der Waals surface area contributed by atoms with Crippen LogP contribution in [-0.2, 0) is 17.8 Å². The fourth-order valence-corrected chi connectivity index (χ4v) is 3.39. The van der Waals surface area contributed by atoms with Crippen LogP contribution < -0.4 is 0 Å². The van der Waals surface area contributed by atoms with Crippen LogP contribution in [0.4, 0.5) is 0 Å². The van der Waals surface area contributed by atoms with Gasteiger partial charge in [0.1, 0.15) is 5.69 Å². The average Bonchev–Trinajstić information content (AvgIpc) is 3.09. The van der Waals surface area contributed by atoms with Crippen LogP contribution in [0.25, 0.3) is 11.0 Å². The highest BCUT2D eigenvalue weighted by Crippen LogP contribution is 2.30. The van der Waals surface area contributed by atoms with Gasteiger partial charge in [-0.25, -0.2) is 0 Å². The summed E-state index contributed by atoms with van der Waals surface area (Å²) in [6.45, 7) is 0.705. The molecule has 1 aliphatic rings. The van der Waals surface area contributed by atoms with Crippen LogP contribution in [0.15, 0.2) is 46.3 Å². The van der Waals surface area contributed by atoms with E-state index >= 15 is 0 Å². The van der Waals surface area contributed by atoms with Gasteiger partial charge in [-0.1, -0.05) is 23.4 Å². The molecule has 0 bridgehead atoms. The smallest absolute Gasteiger partial charge is 0.229 e. The van der Waals surface area contributed by atoms with Crippen LogP contribution in [0.1, 0.15) is 23.4 Å². The average molecular weight is 312 g/mol. The van der Waals surface area contributed by atoms with Gasteiger partial charge in [-0.2, -0.15) is 0 Å². The summed E-state index contributed by atoms with van der Waals surface area (Å²) < 4.78 is 5.29. The maximum atomic E-state index is 12.7. The molecule has 0 aliphatic heterocycles. The summed E-state index contributed by atoms with van der Waals surface area (Å²) >= 11 is 1.70. The third-order valence-corrected chi connectivity index (χ3v) is 4.85. The summed E-state index contributed by atoms with van der Waals surface area (Å²) in [6.07, 6.45) is 2.52. The Labute approximate surface area is 132 Å². The maximum Gasteiger partial charge on any atom is 0.229 e. The van der Waals surface area contributed by atoms with Crippen LogP contribution in [-0.4, -0.2) is 22.0 Å². The van der Waals surface area contributed by atoms with E-state index in [1.807, 2.05) is 35.2 Å². The monoisotopic (exact) mass is 312 g/mol. The largest absolute Gasteiger partial charge is 0.356 e. The number of benzene rings is 1. The van der Waals surface area contributed by atoms with E-state index in [0.717, 1.165) is 29.5 Å². The van der Waals surface area contributed by atoms with Gasteiger partial charge >= 0.3 is 0 Å². The first-order chi connectivity index (χ1) is 10.8. The molecular weight excluding hydrogens is 296 g/mol.